The van der Waals surface area contributed by atoms with Gasteiger partial charge in [0.15, 0.2) is 5.16 Å². The summed E-state index contributed by atoms with van der Waals surface area (Å²) in [6, 6.07) is 5.90. The lowest BCUT2D eigenvalue weighted by Gasteiger charge is -2.06. The summed E-state index contributed by atoms with van der Waals surface area (Å²) in [5.41, 5.74) is 3.11. The molecule has 1 heterocycles. The first kappa shape index (κ1) is 12.1. The van der Waals surface area contributed by atoms with Crippen molar-refractivity contribution in [2.75, 3.05) is 0 Å². The number of hydrogen-bond acceptors (Lipinski definition) is 4. The van der Waals surface area contributed by atoms with Crippen LogP contribution in [0.15, 0.2) is 40.6 Å². The minimum Gasteiger partial charge on any atom is -0.392 e. The van der Waals surface area contributed by atoms with Gasteiger partial charge < -0.3 is 5.11 Å². The van der Waals surface area contributed by atoms with Crippen molar-refractivity contribution in [2.24, 2.45) is 0 Å². The number of hydrogen-bond donors (Lipinski definition) is 1. The molecular formula is C13H14N2OS. The van der Waals surface area contributed by atoms with E-state index in [1.165, 1.54) is 11.8 Å². The van der Waals surface area contributed by atoms with E-state index < -0.39 is 0 Å². The minimum absolute atomic E-state index is 0.0762. The number of aromatic nitrogens is 2. The molecule has 0 radical (unpaired) electrons. The van der Waals surface area contributed by atoms with Gasteiger partial charge in [-0.15, -0.1) is 0 Å². The van der Waals surface area contributed by atoms with E-state index in [9.17, 15) is 0 Å². The minimum atomic E-state index is 0.0762. The average Bonchev–Trinajstić information content (AvgIpc) is 2.34. The van der Waals surface area contributed by atoms with Crippen LogP contribution in [0, 0.1) is 13.8 Å². The lowest BCUT2D eigenvalue weighted by Crippen LogP contribution is -1.89. The molecule has 0 bridgehead atoms. The van der Waals surface area contributed by atoms with Gasteiger partial charge in [-0.25, -0.2) is 9.97 Å². The summed E-state index contributed by atoms with van der Waals surface area (Å²) >= 11 is 1.54. The van der Waals surface area contributed by atoms with Crippen molar-refractivity contribution in [1.82, 2.24) is 9.97 Å². The van der Waals surface area contributed by atoms with Crippen molar-refractivity contribution >= 4 is 11.8 Å². The van der Waals surface area contributed by atoms with E-state index in [0.717, 1.165) is 26.7 Å². The standard InChI is InChI=1S/C13H14N2OS/c1-9-6-14-13(15-7-9)17-12-4-3-11(8-16)5-10(12)2/h3-7,16H,8H2,1-2H3. The first-order chi connectivity index (χ1) is 8.19. The largest absolute Gasteiger partial charge is 0.392 e. The van der Waals surface area contributed by atoms with Gasteiger partial charge in [0.1, 0.15) is 0 Å². The van der Waals surface area contributed by atoms with Crippen molar-refractivity contribution in [3.05, 3.63) is 47.3 Å². The van der Waals surface area contributed by atoms with Crippen molar-refractivity contribution in [1.29, 1.82) is 0 Å². The predicted molar refractivity (Wildman–Crippen MR) is 68.0 cm³/mol. The van der Waals surface area contributed by atoms with Crippen LogP contribution in [0.2, 0.25) is 0 Å². The molecule has 0 unspecified atom stereocenters. The monoisotopic (exact) mass is 246 g/mol. The number of nitrogens with zero attached hydrogens (tertiary/aromatic N) is 2. The van der Waals surface area contributed by atoms with Crippen LogP contribution in [-0.4, -0.2) is 15.1 Å². The van der Waals surface area contributed by atoms with Gasteiger partial charge in [0.2, 0.25) is 0 Å². The molecule has 0 fully saturated rings. The van der Waals surface area contributed by atoms with Crippen molar-refractivity contribution in [3.8, 4) is 0 Å². The van der Waals surface area contributed by atoms with Crippen molar-refractivity contribution in [2.45, 2.75) is 30.5 Å². The maximum absolute atomic E-state index is 9.04. The van der Waals surface area contributed by atoms with E-state index >= 15 is 0 Å². The third kappa shape index (κ3) is 3.05. The normalized spacial score (nSPS) is 10.5. The van der Waals surface area contributed by atoms with Crippen LogP contribution < -0.4 is 0 Å². The van der Waals surface area contributed by atoms with Gasteiger partial charge in [-0.1, -0.05) is 12.1 Å². The van der Waals surface area contributed by atoms with E-state index in [0.29, 0.717) is 0 Å². The quantitative estimate of drug-likeness (QED) is 0.846. The molecular weight excluding hydrogens is 232 g/mol. The second-order valence-electron chi connectivity index (χ2n) is 3.90. The van der Waals surface area contributed by atoms with E-state index in [-0.39, 0.29) is 6.61 Å². The Morgan fingerprint density at radius 3 is 2.47 bits per heavy atom. The molecule has 2 aromatic rings. The molecule has 0 atom stereocenters. The van der Waals surface area contributed by atoms with E-state index in [1.807, 2.05) is 44.4 Å². The maximum atomic E-state index is 9.04. The fourth-order valence-electron chi connectivity index (χ4n) is 1.46. The molecule has 1 aromatic carbocycles. The summed E-state index contributed by atoms with van der Waals surface area (Å²) in [5.74, 6) is 0. The SMILES string of the molecule is Cc1cnc(Sc2ccc(CO)cc2C)nc1. The average molecular weight is 246 g/mol. The van der Waals surface area contributed by atoms with E-state index in [4.69, 9.17) is 5.11 Å². The molecule has 1 N–H and O–H groups in total. The molecule has 88 valence electrons. The zero-order valence-electron chi connectivity index (χ0n) is 9.84. The summed E-state index contributed by atoms with van der Waals surface area (Å²) in [5, 5.41) is 9.79. The van der Waals surface area contributed by atoms with Crippen LogP contribution in [0.3, 0.4) is 0 Å². The second-order valence-corrected chi connectivity index (χ2v) is 4.91. The molecule has 0 aliphatic heterocycles. The Balaban J connectivity index is 2.21. The first-order valence-corrected chi connectivity index (χ1v) is 6.17. The highest BCUT2D eigenvalue weighted by molar-refractivity contribution is 7.99. The molecule has 4 heteroatoms. The molecule has 0 aliphatic carbocycles. The lowest BCUT2D eigenvalue weighted by atomic mass is 10.1. The third-order valence-electron chi connectivity index (χ3n) is 2.38. The number of rotatable bonds is 3. The molecule has 1 aromatic heterocycles. The van der Waals surface area contributed by atoms with Gasteiger partial charge in [-0.05, 0) is 48.4 Å². The highest BCUT2D eigenvalue weighted by Crippen LogP contribution is 2.28. The van der Waals surface area contributed by atoms with Gasteiger partial charge in [0.05, 0.1) is 6.61 Å². The van der Waals surface area contributed by atoms with E-state index in [1.54, 1.807) is 0 Å². The highest BCUT2D eigenvalue weighted by atomic mass is 32.2. The molecule has 0 amide bonds. The van der Waals surface area contributed by atoms with Gasteiger partial charge in [-0.3, -0.25) is 0 Å². The van der Waals surface area contributed by atoms with Crippen LogP contribution in [0.5, 0.6) is 0 Å². The molecule has 17 heavy (non-hydrogen) atoms. The lowest BCUT2D eigenvalue weighted by molar-refractivity contribution is 0.281. The summed E-state index contributed by atoms with van der Waals surface area (Å²) in [6.45, 7) is 4.07. The van der Waals surface area contributed by atoms with Gasteiger partial charge in [0, 0.05) is 17.3 Å². The number of aryl methyl sites for hydroxylation is 2. The van der Waals surface area contributed by atoms with Crippen LogP contribution in [0.25, 0.3) is 0 Å². The second kappa shape index (κ2) is 5.29. The zero-order valence-corrected chi connectivity index (χ0v) is 10.7. The van der Waals surface area contributed by atoms with Gasteiger partial charge in [0.25, 0.3) is 0 Å². The van der Waals surface area contributed by atoms with Crippen LogP contribution in [-0.2, 0) is 6.61 Å². The summed E-state index contributed by atoms with van der Waals surface area (Å²) in [4.78, 5) is 9.64. The summed E-state index contributed by atoms with van der Waals surface area (Å²) in [7, 11) is 0. The zero-order chi connectivity index (χ0) is 12.3. The fourth-order valence-corrected chi connectivity index (χ4v) is 2.22. The van der Waals surface area contributed by atoms with E-state index in [2.05, 4.69) is 9.97 Å². The fraction of sp³-hybridized carbons (Fsp3) is 0.231. The third-order valence-corrected chi connectivity index (χ3v) is 3.45. The number of aliphatic hydroxyl groups excluding tert-OH is 1. The number of aliphatic hydroxyl groups is 1. The molecule has 0 aliphatic rings. The Morgan fingerprint density at radius 2 is 1.88 bits per heavy atom. The molecule has 0 saturated heterocycles. The maximum Gasteiger partial charge on any atom is 0.192 e. The summed E-state index contributed by atoms with van der Waals surface area (Å²) in [6.07, 6.45) is 3.62. The Kier molecular flexibility index (Phi) is 3.76. The Labute approximate surface area is 105 Å². The van der Waals surface area contributed by atoms with Crippen LogP contribution in [0.4, 0.5) is 0 Å². The van der Waals surface area contributed by atoms with Crippen molar-refractivity contribution in [3.63, 3.8) is 0 Å². The molecule has 3 nitrogen and oxygen atoms in total. The summed E-state index contributed by atoms with van der Waals surface area (Å²) < 4.78 is 0. The van der Waals surface area contributed by atoms with Crippen LogP contribution >= 0.6 is 11.8 Å². The van der Waals surface area contributed by atoms with Gasteiger partial charge in [-0.2, -0.15) is 0 Å². The highest BCUT2D eigenvalue weighted by Gasteiger charge is 2.04. The Bertz CT molecular complexity index is 511. The molecule has 0 spiro atoms. The molecule has 0 saturated carbocycles. The predicted octanol–water partition coefficient (Wildman–Crippen LogP) is 2.74. The first-order valence-electron chi connectivity index (χ1n) is 5.36. The topological polar surface area (TPSA) is 46.0 Å². The van der Waals surface area contributed by atoms with Gasteiger partial charge >= 0.3 is 0 Å². The molecule has 2 rings (SSSR count). The van der Waals surface area contributed by atoms with Crippen molar-refractivity contribution < 1.29 is 5.11 Å². The smallest absolute Gasteiger partial charge is 0.192 e. The number of benzene rings is 1. The Morgan fingerprint density at radius 1 is 1.18 bits per heavy atom. The van der Waals surface area contributed by atoms with Crippen LogP contribution in [0.1, 0.15) is 16.7 Å². The Hall–Kier alpha value is -1.39.